The molecule has 2 rings (SSSR count). The predicted molar refractivity (Wildman–Crippen MR) is 66.1 cm³/mol. The van der Waals surface area contributed by atoms with Gasteiger partial charge in [-0.2, -0.15) is 5.11 Å². The third-order valence-corrected chi connectivity index (χ3v) is 2.25. The van der Waals surface area contributed by atoms with Crippen LogP contribution in [0.2, 0.25) is 0 Å². The summed E-state index contributed by atoms with van der Waals surface area (Å²) in [5, 5.41) is 6.81. The largest absolute Gasteiger partial charge is 0.364 e. The van der Waals surface area contributed by atoms with Crippen molar-refractivity contribution in [2.75, 3.05) is 0 Å². The summed E-state index contributed by atoms with van der Waals surface area (Å²) in [6, 6.07) is 8.33. The van der Waals surface area contributed by atoms with Crippen molar-refractivity contribution >= 4 is 0 Å². The van der Waals surface area contributed by atoms with Crippen molar-refractivity contribution in [2.24, 2.45) is 5.11 Å². The van der Waals surface area contributed by atoms with Gasteiger partial charge in [0.1, 0.15) is 12.0 Å². The first-order valence-corrected chi connectivity index (χ1v) is 5.77. The van der Waals surface area contributed by atoms with E-state index in [1.807, 2.05) is 13.8 Å². The van der Waals surface area contributed by atoms with E-state index in [4.69, 9.17) is 5.53 Å². The number of nitrogens with one attached hydrogen (secondary N) is 1. The summed E-state index contributed by atoms with van der Waals surface area (Å²) in [5.41, 5.74) is 8.38. The second-order valence-corrected chi connectivity index (χ2v) is 3.34. The molecule has 0 spiro atoms. The molecule has 0 aliphatic carbocycles. The van der Waals surface area contributed by atoms with Crippen LogP contribution in [0, 0.1) is 5.53 Å². The van der Waals surface area contributed by atoms with Crippen LogP contribution in [0.5, 0.6) is 0 Å². The summed E-state index contributed by atoms with van der Waals surface area (Å²) in [7, 11) is 0. The highest BCUT2D eigenvalue weighted by molar-refractivity contribution is 5.28. The summed E-state index contributed by atoms with van der Waals surface area (Å²) < 4.78 is 18.4. The van der Waals surface area contributed by atoms with Gasteiger partial charge < -0.3 is 4.52 Å². The van der Waals surface area contributed by atoms with Gasteiger partial charge in [0, 0.05) is 6.07 Å². The minimum atomic E-state index is -1.28. The second-order valence-electron chi connectivity index (χ2n) is 3.34. The minimum Gasteiger partial charge on any atom is -0.364 e. The van der Waals surface area contributed by atoms with Gasteiger partial charge in [-0.25, -0.2) is 9.92 Å². The Kier molecular flexibility index (Phi) is 5.70. The van der Waals surface area contributed by atoms with Gasteiger partial charge in [0.25, 0.3) is 0 Å². The number of aromatic nitrogens is 1. The molecule has 0 amide bonds. The average molecular weight is 249 g/mol. The standard InChI is InChI=1S/C11H10FN3O.C2H6/c12-11(10-5-6-16-15-10)9-3-1-8(2-4-9)7-14-13;1-2/h1-6,11,13H,7H2;1-2H3. The van der Waals surface area contributed by atoms with Crippen LogP contribution in [-0.2, 0) is 6.54 Å². The SMILES string of the molecule is CC.N=NCc1ccc(C(F)c2ccon2)cc1. The smallest absolute Gasteiger partial charge is 0.170 e. The van der Waals surface area contributed by atoms with E-state index in [1.54, 1.807) is 24.3 Å². The van der Waals surface area contributed by atoms with Gasteiger partial charge in [-0.1, -0.05) is 43.3 Å². The molecule has 0 saturated heterocycles. The Balaban J connectivity index is 0.000000771. The highest BCUT2D eigenvalue weighted by Gasteiger charge is 2.15. The average Bonchev–Trinajstić information content (AvgIpc) is 2.95. The lowest BCUT2D eigenvalue weighted by Gasteiger charge is -2.05. The first-order valence-electron chi connectivity index (χ1n) is 5.77. The number of rotatable bonds is 4. The van der Waals surface area contributed by atoms with Crippen molar-refractivity contribution in [1.82, 2.24) is 5.16 Å². The van der Waals surface area contributed by atoms with Gasteiger partial charge in [-0.3, -0.25) is 0 Å². The molecule has 0 saturated carbocycles. The molecule has 1 aromatic heterocycles. The zero-order chi connectivity index (χ0) is 13.4. The lowest BCUT2D eigenvalue weighted by molar-refractivity contribution is 0.353. The van der Waals surface area contributed by atoms with Crippen LogP contribution in [0.3, 0.4) is 0 Å². The number of nitrogens with zero attached hydrogens (tertiary/aromatic N) is 2. The summed E-state index contributed by atoms with van der Waals surface area (Å²) in [6.45, 7) is 4.32. The van der Waals surface area contributed by atoms with Crippen LogP contribution in [0.15, 0.2) is 46.2 Å². The summed E-state index contributed by atoms with van der Waals surface area (Å²) in [4.78, 5) is 0. The fourth-order valence-corrected chi connectivity index (χ4v) is 1.41. The van der Waals surface area contributed by atoms with Gasteiger partial charge in [0.2, 0.25) is 0 Å². The van der Waals surface area contributed by atoms with E-state index in [2.05, 4.69) is 14.8 Å². The Bertz CT molecular complexity index is 454. The molecule has 96 valence electrons. The van der Waals surface area contributed by atoms with Crippen LogP contribution in [-0.4, -0.2) is 5.16 Å². The maximum absolute atomic E-state index is 13.8. The third kappa shape index (κ3) is 3.48. The zero-order valence-corrected chi connectivity index (χ0v) is 10.4. The fourth-order valence-electron chi connectivity index (χ4n) is 1.41. The summed E-state index contributed by atoms with van der Waals surface area (Å²) in [5.74, 6) is 0. The molecule has 1 unspecified atom stereocenters. The van der Waals surface area contributed by atoms with Crippen LogP contribution < -0.4 is 0 Å². The predicted octanol–water partition coefficient (Wildman–Crippen LogP) is 4.29. The van der Waals surface area contributed by atoms with E-state index in [-0.39, 0.29) is 5.69 Å². The number of halogens is 1. The fraction of sp³-hybridized carbons (Fsp3) is 0.308. The van der Waals surface area contributed by atoms with E-state index in [1.165, 1.54) is 12.3 Å². The molecule has 0 radical (unpaired) electrons. The number of benzene rings is 1. The summed E-state index contributed by atoms with van der Waals surface area (Å²) >= 11 is 0. The number of hydrogen-bond acceptors (Lipinski definition) is 4. The first kappa shape index (κ1) is 14.0. The molecule has 0 bridgehead atoms. The lowest BCUT2D eigenvalue weighted by Crippen LogP contribution is -1.94. The lowest BCUT2D eigenvalue weighted by atomic mass is 10.1. The molecule has 18 heavy (non-hydrogen) atoms. The van der Waals surface area contributed by atoms with Crippen LogP contribution in [0.25, 0.3) is 0 Å². The van der Waals surface area contributed by atoms with Gasteiger partial charge in [0.05, 0.1) is 6.54 Å². The van der Waals surface area contributed by atoms with Crippen LogP contribution in [0.4, 0.5) is 4.39 Å². The molecule has 1 heterocycles. The molecule has 0 aliphatic rings. The van der Waals surface area contributed by atoms with E-state index < -0.39 is 6.17 Å². The topological polar surface area (TPSA) is 62.2 Å². The maximum atomic E-state index is 13.8. The van der Waals surface area contributed by atoms with Gasteiger partial charge in [-0.15, -0.1) is 0 Å². The minimum absolute atomic E-state index is 0.262. The molecule has 4 nitrogen and oxygen atoms in total. The van der Waals surface area contributed by atoms with E-state index in [0.29, 0.717) is 12.1 Å². The zero-order valence-electron chi connectivity index (χ0n) is 10.4. The van der Waals surface area contributed by atoms with E-state index in [0.717, 1.165) is 5.56 Å². The molecule has 1 atom stereocenters. The molecule has 5 heteroatoms. The molecular formula is C13H16FN3O. The van der Waals surface area contributed by atoms with Gasteiger partial charge in [-0.05, 0) is 11.1 Å². The second kappa shape index (κ2) is 7.32. The normalized spacial score (nSPS) is 11.3. The van der Waals surface area contributed by atoms with Crippen molar-refractivity contribution in [2.45, 2.75) is 26.6 Å². The van der Waals surface area contributed by atoms with Crippen molar-refractivity contribution in [3.05, 3.63) is 53.4 Å². The van der Waals surface area contributed by atoms with Crippen molar-refractivity contribution in [3.63, 3.8) is 0 Å². The molecule has 2 aromatic rings. The summed E-state index contributed by atoms with van der Waals surface area (Å²) in [6.07, 6.45) is 0.0654. The van der Waals surface area contributed by atoms with Crippen molar-refractivity contribution in [1.29, 1.82) is 5.53 Å². The number of alkyl halides is 1. The Morgan fingerprint density at radius 3 is 2.44 bits per heavy atom. The maximum Gasteiger partial charge on any atom is 0.170 e. The molecule has 0 aliphatic heterocycles. The van der Waals surface area contributed by atoms with E-state index >= 15 is 0 Å². The number of hydrogen-bond donors (Lipinski definition) is 1. The van der Waals surface area contributed by atoms with Crippen molar-refractivity contribution in [3.8, 4) is 0 Å². The van der Waals surface area contributed by atoms with Gasteiger partial charge >= 0.3 is 0 Å². The highest BCUT2D eigenvalue weighted by atomic mass is 19.1. The van der Waals surface area contributed by atoms with Crippen LogP contribution in [0.1, 0.15) is 36.8 Å². The van der Waals surface area contributed by atoms with Crippen LogP contribution >= 0.6 is 0 Å². The van der Waals surface area contributed by atoms with Crippen molar-refractivity contribution < 1.29 is 8.91 Å². The molecule has 1 N–H and O–H groups in total. The van der Waals surface area contributed by atoms with E-state index in [9.17, 15) is 4.39 Å². The quantitative estimate of drug-likeness (QED) is 0.821. The molecular weight excluding hydrogens is 233 g/mol. The first-order chi connectivity index (χ1) is 8.81. The molecule has 0 fully saturated rings. The Morgan fingerprint density at radius 2 is 1.94 bits per heavy atom. The Hall–Kier alpha value is -2.04. The molecule has 1 aromatic carbocycles. The van der Waals surface area contributed by atoms with Gasteiger partial charge in [0.15, 0.2) is 6.17 Å². The highest BCUT2D eigenvalue weighted by Crippen LogP contribution is 2.24. The third-order valence-electron chi connectivity index (χ3n) is 2.25. The Morgan fingerprint density at radius 1 is 1.28 bits per heavy atom. The Labute approximate surface area is 105 Å². The monoisotopic (exact) mass is 249 g/mol.